The average Bonchev–Trinajstić information content (AvgIpc) is 3.60. The molecule has 3 atom stereocenters. The summed E-state index contributed by atoms with van der Waals surface area (Å²) in [5.74, 6) is 0.360. The van der Waals surface area contributed by atoms with Gasteiger partial charge in [-0.25, -0.2) is 4.98 Å². The third-order valence-electron chi connectivity index (χ3n) is 7.47. The summed E-state index contributed by atoms with van der Waals surface area (Å²) in [6.45, 7) is 6.52. The van der Waals surface area contributed by atoms with E-state index in [0.717, 1.165) is 35.1 Å². The predicted molar refractivity (Wildman–Crippen MR) is 155 cm³/mol. The Balaban J connectivity index is 1.61. The van der Waals surface area contributed by atoms with Crippen molar-refractivity contribution in [3.63, 3.8) is 0 Å². The number of hydrogen-bond donors (Lipinski definition) is 3. The molecule has 0 aliphatic carbocycles. The van der Waals surface area contributed by atoms with Gasteiger partial charge in [0.2, 0.25) is 17.7 Å². The topological polar surface area (TPSA) is 123 Å². The van der Waals surface area contributed by atoms with E-state index in [1.165, 1.54) is 0 Å². The van der Waals surface area contributed by atoms with Gasteiger partial charge >= 0.3 is 0 Å². The molecule has 1 fully saturated rings. The number of nitrogens with zero attached hydrogens (tertiary/aromatic N) is 4. The van der Waals surface area contributed by atoms with Crippen molar-refractivity contribution in [3.05, 3.63) is 48.4 Å². The van der Waals surface area contributed by atoms with Crippen LogP contribution in [0.3, 0.4) is 0 Å². The van der Waals surface area contributed by atoms with Crippen molar-refractivity contribution in [2.75, 3.05) is 27.2 Å². The lowest BCUT2D eigenvalue weighted by Gasteiger charge is -2.31. The molecule has 3 aromatic rings. The maximum atomic E-state index is 14.0. The van der Waals surface area contributed by atoms with Crippen LogP contribution in [0.4, 0.5) is 0 Å². The van der Waals surface area contributed by atoms with E-state index in [-0.39, 0.29) is 36.2 Å². The Bertz CT molecular complexity index is 1320. The summed E-state index contributed by atoms with van der Waals surface area (Å²) in [6.07, 6.45) is 4.27. The predicted octanol–water partition coefficient (Wildman–Crippen LogP) is 3.28. The summed E-state index contributed by atoms with van der Waals surface area (Å²) < 4.78 is 0. The lowest BCUT2D eigenvalue weighted by Crippen LogP contribution is -2.57. The van der Waals surface area contributed by atoms with Crippen LogP contribution in [0, 0.1) is 5.92 Å². The number of likely N-dealkylation sites (N-methyl/N-ethyl adjacent to an activating group) is 2. The second-order valence-electron chi connectivity index (χ2n) is 10.9. The zero-order chi connectivity index (χ0) is 28.8. The molecule has 1 aromatic carbocycles. The van der Waals surface area contributed by atoms with E-state index in [1.54, 1.807) is 30.1 Å². The highest BCUT2D eigenvalue weighted by atomic mass is 16.2. The number of amides is 3. The van der Waals surface area contributed by atoms with Crippen LogP contribution in [0.25, 0.3) is 22.3 Å². The summed E-state index contributed by atoms with van der Waals surface area (Å²) in [6, 6.07) is 10.2. The Morgan fingerprint density at radius 2 is 1.90 bits per heavy atom. The number of aromatic nitrogens is 3. The molecule has 1 aliphatic rings. The van der Waals surface area contributed by atoms with Gasteiger partial charge in [0.05, 0.1) is 23.3 Å². The van der Waals surface area contributed by atoms with Gasteiger partial charge in [-0.15, -0.1) is 0 Å². The Morgan fingerprint density at radius 3 is 2.58 bits per heavy atom. The highest BCUT2D eigenvalue weighted by Gasteiger charge is 2.37. The first-order valence-corrected chi connectivity index (χ1v) is 14.2. The molecule has 0 unspecified atom stereocenters. The number of pyridine rings is 1. The number of likely N-dealkylation sites (tertiary alicyclic amines) is 1. The van der Waals surface area contributed by atoms with Crippen molar-refractivity contribution in [1.29, 1.82) is 0 Å². The quantitative estimate of drug-likeness (QED) is 0.339. The number of aromatic amines is 1. The lowest BCUT2D eigenvalue weighted by atomic mass is 10.1. The third kappa shape index (κ3) is 6.50. The molecule has 40 heavy (non-hydrogen) atoms. The molecule has 3 amide bonds. The molecule has 10 nitrogen and oxygen atoms in total. The van der Waals surface area contributed by atoms with Crippen LogP contribution in [-0.2, 0) is 14.4 Å². The van der Waals surface area contributed by atoms with Gasteiger partial charge in [-0.3, -0.25) is 19.4 Å². The molecule has 2 aromatic heterocycles. The lowest BCUT2D eigenvalue weighted by molar-refractivity contribution is -0.140. The van der Waals surface area contributed by atoms with Crippen molar-refractivity contribution in [3.8, 4) is 11.3 Å². The van der Waals surface area contributed by atoms with Crippen LogP contribution in [0.5, 0.6) is 0 Å². The molecule has 0 spiro atoms. The van der Waals surface area contributed by atoms with Crippen LogP contribution >= 0.6 is 0 Å². The fourth-order valence-electron chi connectivity index (χ4n) is 5.29. The molecular weight excluding hydrogens is 506 g/mol. The van der Waals surface area contributed by atoms with Gasteiger partial charge in [0.25, 0.3) is 0 Å². The number of carbonyl (C=O) groups excluding carboxylic acids is 3. The van der Waals surface area contributed by atoms with Gasteiger partial charge < -0.3 is 25.4 Å². The van der Waals surface area contributed by atoms with Crippen molar-refractivity contribution < 1.29 is 14.4 Å². The minimum Gasteiger partial charge on any atom is -0.343 e. The highest BCUT2D eigenvalue weighted by Crippen LogP contribution is 2.34. The summed E-state index contributed by atoms with van der Waals surface area (Å²) >= 11 is 0. The zero-order valence-corrected chi connectivity index (χ0v) is 24.1. The fourth-order valence-corrected chi connectivity index (χ4v) is 5.29. The van der Waals surface area contributed by atoms with Crippen molar-refractivity contribution in [2.24, 2.45) is 5.92 Å². The molecule has 0 radical (unpaired) electrons. The van der Waals surface area contributed by atoms with Gasteiger partial charge in [0.15, 0.2) is 0 Å². The number of carbonyl (C=O) groups is 3. The van der Waals surface area contributed by atoms with Crippen LogP contribution in [0.1, 0.15) is 58.3 Å². The normalized spacial score (nSPS) is 16.8. The Kier molecular flexibility index (Phi) is 9.52. The Hall–Kier alpha value is -3.79. The number of imidazole rings is 1. The van der Waals surface area contributed by atoms with Crippen LogP contribution < -0.4 is 10.6 Å². The Labute approximate surface area is 235 Å². The standard InChI is InChI=1S/C30H41N7O3/c1-6-21(31-4)29(39)34-23(18-36(5)25(38)17-19(2)3)30(40)37-16-10-13-24(37)28-33-22-14-15-32-26(27(22)35-28)20-11-8-7-9-12-20/h7-9,11-12,14-15,19,21,23-24,31H,6,10,13,16-18H2,1-5H3,(H,33,35)(H,34,39)/t21-,23-,24-/m0/s1. The highest BCUT2D eigenvalue weighted by molar-refractivity contribution is 5.91. The molecule has 0 saturated carbocycles. The van der Waals surface area contributed by atoms with Crippen LogP contribution in [0.15, 0.2) is 42.6 Å². The fraction of sp³-hybridized carbons (Fsp3) is 0.500. The minimum atomic E-state index is -0.873. The first kappa shape index (κ1) is 29.2. The molecule has 10 heteroatoms. The van der Waals surface area contributed by atoms with Crippen molar-refractivity contribution in [1.82, 2.24) is 35.4 Å². The molecular formula is C30H41N7O3. The van der Waals surface area contributed by atoms with E-state index in [2.05, 4.69) is 20.6 Å². The monoisotopic (exact) mass is 547 g/mol. The summed E-state index contributed by atoms with van der Waals surface area (Å²) in [5, 5.41) is 5.93. The van der Waals surface area contributed by atoms with Crippen LogP contribution in [-0.4, -0.2) is 81.7 Å². The van der Waals surface area contributed by atoms with E-state index in [9.17, 15) is 14.4 Å². The minimum absolute atomic E-state index is 0.0566. The number of rotatable bonds is 11. The van der Waals surface area contributed by atoms with Gasteiger partial charge in [-0.1, -0.05) is 51.1 Å². The van der Waals surface area contributed by atoms with E-state index in [0.29, 0.717) is 25.2 Å². The van der Waals surface area contributed by atoms with Crippen molar-refractivity contribution in [2.45, 2.75) is 64.6 Å². The second kappa shape index (κ2) is 13.0. The second-order valence-corrected chi connectivity index (χ2v) is 10.9. The number of H-pyrrole nitrogens is 1. The SMILES string of the molecule is CC[C@H](NC)C(=O)N[C@@H](CN(C)C(=O)CC(C)C)C(=O)N1CCC[C@H]1c1nc2c(-c3ccccc3)nccc2[nH]1. The van der Waals surface area contributed by atoms with Crippen LogP contribution in [0.2, 0.25) is 0 Å². The molecule has 1 aliphatic heterocycles. The third-order valence-corrected chi connectivity index (χ3v) is 7.47. The number of nitrogens with one attached hydrogen (secondary N) is 3. The first-order valence-electron chi connectivity index (χ1n) is 14.2. The summed E-state index contributed by atoms with van der Waals surface area (Å²) in [4.78, 5) is 56.1. The molecule has 0 bridgehead atoms. The van der Waals surface area contributed by atoms with E-state index < -0.39 is 12.1 Å². The zero-order valence-electron chi connectivity index (χ0n) is 24.1. The summed E-state index contributed by atoms with van der Waals surface area (Å²) in [5.41, 5.74) is 3.36. The molecule has 214 valence electrons. The van der Waals surface area contributed by atoms with E-state index in [1.807, 2.05) is 57.2 Å². The Morgan fingerprint density at radius 1 is 1.15 bits per heavy atom. The smallest absolute Gasteiger partial charge is 0.247 e. The maximum absolute atomic E-state index is 14.0. The molecule has 3 heterocycles. The van der Waals surface area contributed by atoms with Gasteiger partial charge in [0.1, 0.15) is 17.4 Å². The molecule has 3 N–H and O–H groups in total. The van der Waals surface area contributed by atoms with E-state index in [4.69, 9.17) is 4.98 Å². The molecule has 4 rings (SSSR count). The average molecular weight is 548 g/mol. The largest absolute Gasteiger partial charge is 0.343 e. The molecule has 1 saturated heterocycles. The first-order chi connectivity index (χ1) is 19.2. The maximum Gasteiger partial charge on any atom is 0.247 e. The van der Waals surface area contributed by atoms with Gasteiger partial charge in [-0.05, 0) is 38.3 Å². The van der Waals surface area contributed by atoms with Crippen molar-refractivity contribution >= 4 is 28.8 Å². The van der Waals surface area contributed by atoms with E-state index >= 15 is 0 Å². The van der Waals surface area contributed by atoms with Gasteiger partial charge in [0, 0.05) is 38.3 Å². The number of benzene rings is 1. The summed E-state index contributed by atoms with van der Waals surface area (Å²) in [7, 11) is 3.41. The number of hydrogen-bond acceptors (Lipinski definition) is 6. The van der Waals surface area contributed by atoms with Gasteiger partial charge in [-0.2, -0.15) is 0 Å². The number of fused-ring (bicyclic) bond motifs is 1.